The van der Waals surface area contributed by atoms with E-state index in [4.69, 9.17) is 9.47 Å². The van der Waals surface area contributed by atoms with Gasteiger partial charge in [-0.15, -0.1) is 0 Å². The number of ether oxygens (including phenoxy) is 2. The van der Waals surface area contributed by atoms with Gasteiger partial charge in [0.25, 0.3) is 0 Å². The number of halogens is 1. The quantitative estimate of drug-likeness (QED) is 0.710. The van der Waals surface area contributed by atoms with Crippen molar-refractivity contribution in [1.29, 1.82) is 0 Å². The van der Waals surface area contributed by atoms with Gasteiger partial charge < -0.3 is 14.8 Å². The third-order valence-corrected chi connectivity index (χ3v) is 4.23. The van der Waals surface area contributed by atoms with Crippen LogP contribution in [0.15, 0.2) is 18.2 Å². The van der Waals surface area contributed by atoms with Crippen molar-refractivity contribution in [2.24, 2.45) is 11.3 Å². The molecule has 0 spiro atoms. The normalized spacial score (nSPS) is 14.2. The van der Waals surface area contributed by atoms with Crippen molar-refractivity contribution in [2.75, 3.05) is 33.9 Å². The Hall–Kier alpha value is -1.13. The molecule has 0 heterocycles. The molecule has 120 valence electrons. The zero-order valence-electron chi connectivity index (χ0n) is 13.8. The molecule has 0 saturated heterocycles. The summed E-state index contributed by atoms with van der Waals surface area (Å²) in [6.45, 7) is 9.05. The van der Waals surface area contributed by atoms with E-state index in [1.807, 2.05) is 6.07 Å². The van der Waals surface area contributed by atoms with Crippen molar-refractivity contribution in [1.82, 2.24) is 5.32 Å². The first-order valence-corrected chi connectivity index (χ1v) is 7.45. The fourth-order valence-electron chi connectivity index (χ4n) is 2.31. The molecule has 0 aromatic heterocycles. The van der Waals surface area contributed by atoms with Crippen LogP contribution in [0.5, 0.6) is 5.75 Å². The van der Waals surface area contributed by atoms with Gasteiger partial charge in [0.15, 0.2) is 11.6 Å². The number of hydrogen-bond acceptors (Lipinski definition) is 3. The molecule has 1 atom stereocenters. The lowest BCUT2D eigenvalue weighted by Crippen LogP contribution is -2.39. The lowest BCUT2D eigenvalue weighted by atomic mass is 9.74. The van der Waals surface area contributed by atoms with E-state index >= 15 is 0 Å². The zero-order chi connectivity index (χ0) is 15.9. The molecule has 0 fully saturated rings. The summed E-state index contributed by atoms with van der Waals surface area (Å²) < 4.78 is 23.8. The minimum absolute atomic E-state index is 0.0643. The van der Waals surface area contributed by atoms with E-state index in [0.717, 1.165) is 25.1 Å². The van der Waals surface area contributed by atoms with E-state index in [2.05, 4.69) is 26.1 Å². The van der Waals surface area contributed by atoms with E-state index in [1.165, 1.54) is 7.11 Å². The first kappa shape index (κ1) is 17.9. The number of benzene rings is 1. The zero-order valence-corrected chi connectivity index (χ0v) is 13.8. The van der Waals surface area contributed by atoms with Crippen LogP contribution < -0.4 is 10.1 Å². The second-order valence-electron chi connectivity index (χ2n) is 6.12. The van der Waals surface area contributed by atoms with Crippen LogP contribution >= 0.6 is 0 Å². The Morgan fingerprint density at radius 3 is 2.52 bits per heavy atom. The Labute approximate surface area is 127 Å². The summed E-state index contributed by atoms with van der Waals surface area (Å²) in [6.07, 6.45) is 0.825. The van der Waals surface area contributed by atoms with Crippen molar-refractivity contribution in [3.8, 4) is 5.75 Å². The predicted molar refractivity (Wildman–Crippen MR) is 84.3 cm³/mol. The molecule has 0 amide bonds. The maximum Gasteiger partial charge on any atom is 0.165 e. The molecule has 0 saturated carbocycles. The summed E-state index contributed by atoms with van der Waals surface area (Å²) in [5, 5.41) is 3.42. The third kappa shape index (κ3) is 5.29. The highest BCUT2D eigenvalue weighted by atomic mass is 19.1. The van der Waals surface area contributed by atoms with Crippen LogP contribution in [0.2, 0.25) is 0 Å². The van der Waals surface area contributed by atoms with E-state index in [-0.39, 0.29) is 11.2 Å². The van der Waals surface area contributed by atoms with E-state index in [0.29, 0.717) is 18.3 Å². The highest BCUT2D eigenvalue weighted by Gasteiger charge is 2.28. The molecule has 1 aromatic carbocycles. The van der Waals surface area contributed by atoms with Crippen LogP contribution in [0, 0.1) is 17.2 Å². The number of methoxy groups -OCH3 is 2. The lowest BCUT2D eigenvalue weighted by Gasteiger charge is -2.34. The van der Waals surface area contributed by atoms with Gasteiger partial charge in [0.1, 0.15) is 0 Å². The molecule has 1 rings (SSSR count). The van der Waals surface area contributed by atoms with Crippen LogP contribution in [-0.2, 0) is 11.2 Å². The van der Waals surface area contributed by atoms with E-state index in [1.54, 1.807) is 19.2 Å². The fraction of sp³-hybridized carbons (Fsp3) is 0.647. The fourth-order valence-corrected chi connectivity index (χ4v) is 2.31. The van der Waals surface area contributed by atoms with Gasteiger partial charge in [0.2, 0.25) is 0 Å². The maximum atomic E-state index is 13.8. The Morgan fingerprint density at radius 1 is 1.29 bits per heavy atom. The number of nitrogens with one attached hydrogen (secondary N) is 1. The van der Waals surface area contributed by atoms with Crippen molar-refractivity contribution >= 4 is 0 Å². The Morgan fingerprint density at radius 2 is 2.00 bits per heavy atom. The van der Waals surface area contributed by atoms with Gasteiger partial charge in [-0.2, -0.15) is 0 Å². The molecule has 0 aliphatic carbocycles. The molecular weight excluding hydrogens is 269 g/mol. The van der Waals surface area contributed by atoms with Crippen LogP contribution in [-0.4, -0.2) is 33.9 Å². The third-order valence-electron chi connectivity index (χ3n) is 4.23. The molecule has 1 unspecified atom stereocenters. The van der Waals surface area contributed by atoms with Crippen molar-refractivity contribution in [2.45, 2.75) is 27.2 Å². The SMILES string of the molecule is COCCNCC(C)(Cc1ccc(OC)c(F)c1)C(C)C. The van der Waals surface area contributed by atoms with Crippen molar-refractivity contribution < 1.29 is 13.9 Å². The molecule has 1 N–H and O–H groups in total. The van der Waals surface area contributed by atoms with E-state index < -0.39 is 0 Å². The molecule has 4 heteroatoms. The summed E-state index contributed by atoms with van der Waals surface area (Å²) in [4.78, 5) is 0. The standard InChI is InChI=1S/C17H28FNO2/c1-13(2)17(3,12-19-8-9-20-4)11-14-6-7-16(21-5)15(18)10-14/h6-7,10,13,19H,8-9,11-12H2,1-5H3. The molecule has 0 radical (unpaired) electrons. The highest BCUT2D eigenvalue weighted by molar-refractivity contribution is 5.30. The number of hydrogen-bond donors (Lipinski definition) is 1. The lowest BCUT2D eigenvalue weighted by molar-refractivity contribution is 0.175. The van der Waals surface area contributed by atoms with Crippen molar-refractivity contribution in [3.05, 3.63) is 29.6 Å². The van der Waals surface area contributed by atoms with Gasteiger partial charge >= 0.3 is 0 Å². The molecule has 0 bridgehead atoms. The maximum absolute atomic E-state index is 13.8. The summed E-state index contributed by atoms with van der Waals surface area (Å²) in [7, 11) is 3.18. The van der Waals surface area contributed by atoms with Gasteiger partial charge in [-0.1, -0.05) is 26.8 Å². The first-order valence-electron chi connectivity index (χ1n) is 7.45. The average Bonchev–Trinajstić information content (AvgIpc) is 2.44. The Balaban J connectivity index is 2.75. The Kier molecular flexibility index (Phi) is 7.12. The molecule has 3 nitrogen and oxygen atoms in total. The molecule has 1 aromatic rings. The minimum Gasteiger partial charge on any atom is -0.494 e. The molecule has 0 aliphatic rings. The average molecular weight is 297 g/mol. The summed E-state index contributed by atoms with van der Waals surface area (Å²) in [5.41, 5.74) is 1.06. The van der Waals surface area contributed by atoms with Gasteiger partial charge in [0, 0.05) is 20.2 Å². The Bertz CT molecular complexity index is 437. The molecule has 21 heavy (non-hydrogen) atoms. The minimum atomic E-state index is -0.298. The van der Waals surface area contributed by atoms with Crippen LogP contribution in [0.3, 0.4) is 0 Å². The summed E-state index contributed by atoms with van der Waals surface area (Å²) >= 11 is 0. The topological polar surface area (TPSA) is 30.5 Å². The van der Waals surface area contributed by atoms with Crippen molar-refractivity contribution in [3.63, 3.8) is 0 Å². The first-order chi connectivity index (χ1) is 9.92. The monoisotopic (exact) mass is 297 g/mol. The highest BCUT2D eigenvalue weighted by Crippen LogP contribution is 2.32. The largest absolute Gasteiger partial charge is 0.494 e. The van der Waals surface area contributed by atoms with Crippen LogP contribution in [0.25, 0.3) is 0 Å². The van der Waals surface area contributed by atoms with Gasteiger partial charge in [-0.25, -0.2) is 4.39 Å². The molecular formula is C17H28FNO2. The van der Waals surface area contributed by atoms with Gasteiger partial charge in [0.05, 0.1) is 13.7 Å². The summed E-state index contributed by atoms with van der Waals surface area (Å²) in [6, 6.07) is 5.22. The molecule has 0 aliphatic heterocycles. The second-order valence-corrected chi connectivity index (χ2v) is 6.12. The van der Waals surface area contributed by atoms with Crippen LogP contribution in [0.4, 0.5) is 4.39 Å². The smallest absolute Gasteiger partial charge is 0.165 e. The van der Waals surface area contributed by atoms with E-state index in [9.17, 15) is 4.39 Å². The van der Waals surface area contributed by atoms with Gasteiger partial charge in [-0.3, -0.25) is 0 Å². The summed E-state index contributed by atoms with van der Waals surface area (Å²) in [5.74, 6) is 0.481. The van der Waals surface area contributed by atoms with Gasteiger partial charge in [-0.05, 0) is 35.4 Å². The predicted octanol–water partition coefficient (Wildman–Crippen LogP) is 3.28. The second kappa shape index (κ2) is 8.35. The number of rotatable bonds is 9. The van der Waals surface area contributed by atoms with Crippen LogP contribution in [0.1, 0.15) is 26.3 Å².